The highest BCUT2D eigenvalue weighted by Crippen LogP contribution is 2.27. The Morgan fingerprint density at radius 2 is 2.16 bits per heavy atom. The van der Waals surface area contributed by atoms with E-state index in [-0.39, 0.29) is 12.9 Å². The largest absolute Gasteiger partial charge is 0.422 e. The molecule has 0 unspecified atom stereocenters. The van der Waals surface area contributed by atoms with E-state index in [0.717, 1.165) is 27.4 Å². The fourth-order valence-corrected chi connectivity index (χ4v) is 3.31. The molecule has 8 heteroatoms. The van der Waals surface area contributed by atoms with Crippen LogP contribution in [0, 0.1) is 11.2 Å². The molecule has 1 aliphatic heterocycles. The van der Waals surface area contributed by atoms with Crippen molar-refractivity contribution in [2.45, 2.75) is 0 Å². The van der Waals surface area contributed by atoms with Crippen molar-refractivity contribution in [2.75, 3.05) is 11.3 Å². The molecule has 1 aromatic heterocycles. The van der Waals surface area contributed by atoms with Crippen LogP contribution in [0.15, 0.2) is 56.6 Å². The van der Waals surface area contributed by atoms with Gasteiger partial charge in [-0.1, -0.05) is 18.1 Å². The molecule has 0 amide bonds. The minimum atomic E-state index is -0.390. The maximum absolute atomic E-state index is 8.90. The van der Waals surface area contributed by atoms with Crippen LogP contribution < -0.4 is 5.32 Å². The SMILES string of the molecule is C=Nc1ccsc1C(=NCCl)Nc1ccc(C2=CB(C#N)N=C2)cc1. The molecule has 0 bridgehead atoms. The van der Waals surface area contributed by atoms with E-state index < -0.39 is 0 Å². The second-order valence-electron chi connectivity index (χ2n) is 5.10. The molecule has 1 aliphatic rings. The monoisotopic (exact) mass is 365 g/mol. The normalized spacial score (nSPS) is 13.5. The fraction of sp³-hybridized carbons (Fsp3) is 0.0588. The summed E-state index contributed by atoms with van der Waals surface area (Å²) in [4.78, 5) is 13.3. The predicted molar refractivity (Wildman–Crippen MR) is 109 cm³/mol. The predicted octanol–water partition coefficient (Wildman–Crippen LogP) is 4.20. The fourth-order valence-electron chi connectivity index (χ4n) is 2.37. The zero-order chi connectivity index (χ0) is 17.6. The lowest BCUT2D eigenvalue weighted by Gasteiger charge is -2.10. The third-order valence-electron chi connectivity index (χ3n) is 3.57. The molecule has 0 radical (unpaired) electrons. The lowest BCUT2D eigenvalue weighted by atomic mass is 9.66. The molecule has 1 N–H and O–H groups in total. The first-order valence-electron chi connectivity index (χ1n) is 7.42. The van der Waals surface area contributed by atoms with E-state index in [1.54, 1.807) is 6.21 Å². The lowest BCUT2D eigenvalue weighted by molar-refractivity contribution is 1.35. The summed E-state index contributed by atoms with van der Waals surface area (Å²) in [5.74, 6) is 4.62. The van der Waals surface area contributed by atoms with E-state index in [4.69, 9.17) is 16.9 Å². The topological polar surface area (TPSA) is 72.9 Å². The number of halogens is 1. The number of thiophene rings is 1. The van der Waals surface area contributed by atoms with Crippen LogP contribution in [0.1, 0.15) is 10.4 Å². The van der Waals surface area contributed by atoms with Crippen LogP contribution in [-0.4, -0.2) is 31.6 Å². The van der Waals surface area contributed by atoms with Crippen molar-refractivity contribution in [1.29, 1.82) is 5.26 Å². The van der Waals surface area contributed by atoms with Gasteiger partial charge in [0.2, 0.25) is 0 Å². The highest BCUT2D eigenvalue weighted by Gasteiger charge is 2.16. The number of aliphatic imine (C=N–C) groups is 2. The van der Waals surface area contributed by atoms with Crippen LogP contribution in [0.4, 0.5) is 11.4 Å². The van der Waals surface area contributed by atoms with Crippen LogP contribution in [0.2, 0.25) is 0 Å². The highest BCUT2D eigenvalue weighted by molar-refractivity contribution is 7.12. The number of hydrogen-bond acceptors (Lipinski definition) is 5. The van der Waals surface area contributed by atoms with Crippen LogP contribution in [0.3, 0.4) is 0 Å². The van der Waals surface area contributed by atoms with Gasteiger partial charge in [0.05, 0.1) is 10.6 Å². The summed E-state index contributed by atoms with van der Waals surface area (Å²) in [6.45, 7) is 3.19. The summed E-state index contributed by atoms with van der Waals surface area (Å²) < 4.78 is 0. The zero-order valence-electron chi connectivity index (χ0n) is 13.2. The number of alkyl halides is 1. The van der Waals surface area contributed by atoms with Crippen LogP contribution in [0.25, 0.3) is 5.57 Å². The van der Waals surface area contributed by atoms with Crippen molar-refractivity contribution in [3.8, 4) is 5.97 Å². The van der Waals surface area contributed by atoms with E-state index in [0.29, 0.717) is 5.84 Å². The van der Waals surface area contributed by atoms with Crippen LogP contribution in [0.5, 0.6) is 0 Å². The minimum Gasteiger partial charge on any atom is -0.339 e. The Bertz CT molecular complexity index is 908. The first-order chi connectivity index (χ1) is 12.2. The Kier molecular flexibility index (Phi) is 5.44. The summed E-state index contributed by atoms with van der Waals surface area (Å²) in [7, 11) is 0. The maximum Gasteiger partial charge on any atom is 0.422 e. The van der Waals surface area contributed by atoms with Gasteiger partial charge in [-0.3, -0.25) is 9.98 Å². The van der Waals surface area contributed by atoms with Gasteiger partial charge in [0, 0.05) is 17.9 Å². The molecule has 0 spiro atoms. The maximum atomic E-state index is 8.90. The Labute approximate surface area is 155 Å². The van der Waals surface area contributed by atoms with Gasteiger partial charge in [-0.15, -0.1) is 22.9 Å². The Hall–Kier alpha value is -2.69. The van der Waals surface area contributed by atoms with Crippen molar-refractivity contribution in [3.05, 3.63) is 52.1 Å². The number of benzene rings is 1. The molecule has 0 atom stereocenters. The minimum absolute atomic E-state index is 0.147. The van der Waals surface area contributed by atoms with Crippen LogP contribution >= 0.6 is 22.9 Å². The van der Waals surface area contributed by atoms with Gasteiger partial charge in [0.15, 0.2) is 0 Å². The number of nitrogens with zero attached hydrogens (tertiary/aromatic N) is 4. The zero-order valence-corrected chi connectivity index (χ0v) is 14.8. The smallest absolute Gasteiger partial charge is 0.339 e. The number of nitrogens with one attached hydrogen (secondary N) is 1. The quantitative estimate of drug-likeness (QED) is 0.283. The second-order valence-corrected chi connectivity index (χ2v) is 6.25. The molecule has 122 valence electrons. The van der Waals surface area contributed by atoms with Gasteiger partial charge in [-0.2, -0.15) is 0 Å². The van der Waals surface area contributed by atoms with Crippen molar-refractivity contribution < 1.29 is 0 Å². The summed E-state index contributed by atoms with van der Waals surface area (Å²) in [6, 6.07) is 9.87. The molecular formula is C17H13BClN5S. The average Bonchev–Trinajstić information content (AvgIpc) is 3.31. The molecule has 3 rings (SSSR count). The van der Waals surface area contributed by atoms with Gasteiger partial charge in [0.1, 0.15) is 11.8 Å². The molecule has 0 aliphatic carbocycles. The molecule has 1 aromatic carbocycles. The Morgan fingerprint density at radius 3 is 2.80 bits per heavy atom. The van der Waals surface area contributed by atoms with Crippen molar-refractivity contribution in [3.63, 3.8) is 0 Å². The highest BCUT2D eigenvalue weighted by atomic mass is 35.5. The number of hydrogen-bond donors (Lipinski definition) is 1. The average molecular weight is 366 g/mol. The third-order valence-corrected chi connectivity index (χ3v) is 4.60. The summed E-state index contributed by atoms with van der Waals surface area (Å²) in [5, 5.41) is 14.1. The lowest BCUT2D eigenvalue weighted by Crippen LogP contribution is -2.12. The molecule has 0 fully saturated rings. The molecule has 2 aromatic rings. The standard InChI is InChI=1S/C17H13BClN5S/c1-21-15-6-7-25-16(15)17(22-11-19)24-14-4-2-12(3-5-14)13-8-18(10-20)23-9-13/h2-9H,1,11H2,(H,22,24). The van der Waals surface area contributed by atoms with E-state index in [2.05, 4.69) is 32.9 Å². The van der Waals surface area contributed by atoms with Gasteiger partial charge < -0.3 is 10.2 Å². The van der Waals surface area contributed by atoms with Gasteiger partial charge in [-0.05, 0) is 41.4 Å². The molecule has 2 heterocycles. The first-order valence-corrected chi connectivity index (χ1v) is 8.83. The van der Waals surface area contributed by atoms with Gasteiger partial charge >= 0.3 is 6.85 Å². The van der Waals surface area contributed by atoms with E-state index in [1.165, 1.54) is 11.3 Å². The Balaban J connectivity index is 1.80. The molecule has 0 saturated carbocycles. The number of anilines is 1. The summed E-state index contributed by atoms with van der Waals surface area (Å²) in [6.07, 6.45) is 1.73. The van der Waals surface area contributed by atoms with Gasteiger partial charge in [-0.25, -0.2) is 5.26 Å². The molecular weight excluding hydrogens is 353 g/mol. The molecule has 0 saturated heterocycles. The molecule has 5 nitrogen and oxygen atoms in total. The van der Waals surface area contributed by atoms with Crippen molar-refractivity contribution in [1.82, 2.24) is 0 Å². The van der Waals surface area contributed by atoms with Gasteiger partial charge in [0.25, 0.3) is 0 Å². The second kappa shape index (κ2) is 7.93. The molecule has 25 heavy (non-hydrogen) atoms. The van der Waals surface area contributed by atoms with Crippen molar-refractivity contribution in [2.24, 2.45) is 14.9 Å². The number of allylic oxidation sites excluding steroid dienone is 1. The summed E-state index contributed by atoms with van der Waals surface area (Å²) in [5.41, 5.74) is 3.60. The number of nitriles is 1. The van der Waals surface area contributed by atoms with E-state index in [1.807, 2.05) is 41.7 Å². The van der Waals surface area contributed by atoms with Crippen LogP contribution in [-0.2, 0) is 0 Å². The summed E-state index contributed by atoms with van der Waals surface area (Å²) >= 11 is 7.32. The first kappa shape index (κ1) is 17.1. The van der Waals surface area contributed by atoms with E-state index in [9.17, 15) is 0 Å². The van der Waals surface area contributed by atoms with E-state index >= 15 is 0 Å². The Morgan fingerprint density at radius 1 is 1.36 bits per heavy atom. The third kappa shape index (κ3) is 3.87. The van der Waals surface area contributed by atoms with Crippen molar-refractivity contribution >= 4 is 65.5 Å². The number of amidine groups is 1. The number of rotatable bonds is 5.